The highest BCUT2D eigenvalue weighted by Gasteiger charge is 2.11. The van der Waals surface area contributed by atoms with Crippen LogP contribution in [0.5, 0.6) is 5.75 Å². The number of furan rings is 1. The summed E-state index contributed by atoms with van der Waals surface area (Å²) in [5.74, 6) is 1.64. The second kappa shape index (κ2) is 8.81. The molecule has 0 aliphatic carbocycles. The number of nitriles is 1. The van der Waals surface area contributed by atoms with Gasteiger partial charge in [0.1, 0.15) is 11.5 Å². The van der Waals surface area contributed by atoms with E-state index in [0.29, 0.717) is 31.2 Å². The number of nitrogens with one attached hydrogen (secondary N) is 1. The highest BCUT2D eigenvalue weighted by Crippen LogP contribution is 2.11. The van der Waals surface area contributed by atoms with Gasteiger partial charge in [0.05, 0.1) is 32.4 Å². The van der Waals surface area contributed by atoms with Crippen LogP contribution in [0.4, 0.5) is 0 Å². The summed E-state index contributed by atoms with van der Waals surface area (Å²) >= 11 is 5.45. The summed E-state index contributed by atoms with van der Waals surface area (Å²) in [5.41, 5.74) is 1.10. The zero-order chi connectivity index (χ0) is 16.5. The van der Waals surface area contributed by atoms with Crippen LogP contribution in [-0.4, -0.2) is 23.7 Å². The van der Waals surface area contributed by atoms with Crippen LogP contribution in [0.3, 0.4) is 0 Å². The molecule has 1 N–H and O–H groups in total. The summed E-state index contributed by atoms with van der Waals surface area (Å²) in [6, 6.07) is 13.7. The molecule has 2 aromatic rings. The number of benzene rings is 1. The molecule has 1 heterocycles. The molecule has 0 fully saturated rings. The lowest BCUT2D eigenvalue weighted by atomic mass is 10.2. The average Bonchev–Trinajstić information content (AvgIpc) is 3.10. The standard InChI is InChI=1S/C17H19N3O2S/c1-21-15-7-5-14(6-8-15)12-19-17(23)20(10-3-9-18)13-16-4-2-11-22-16/h2,4-8,11H,3,10,12-13H2,1H3,(H,19,23). The van der Waals surface area contributed by atoms with Gasteiger partial charge in [-0.2, -0.15) is 5.26 Å². The summed E-state index contributed by atoms with van der Waals surface area (Å²) in [5, 5.41) is 12.6. The Morgan fingerprint density at radius 3 is 2.74 bits per heavy atom. The number of methoxy groups -OCH3 is 1. The highest BCUT2D eigenvalue weighted by molar-refractivity contribution is 7.80. The number of nitrogens with zero attached hydrogens (tertiary/aromatic N) is 2. The van der Waals surface area contributed by atoms with Gasteiger partial charge < -0.3 is 19.4 Å². The third kappa shape index (κ3) is 5.31. The van der Waals surface area contributed by atoms with E-state index in [4.69, 9.17) is 26.6 Å². The molecule has 0 bridgehead atoms. The first kappa shape index (κ1) is 16.8. The van der Waals surface area contributed by atoms with Gasteiger partial charge in [0, 0.05) is 13.1 Å². The van der Waals surface area contributed by atoms with Crippen molar-refractivity contribution in [1.82, 2.24) is 10.2 Å². The second-order valence-electron chi connectivity index (χ2n) is 4.92. The van der Waals surface area contributed by atoms with E-state index in [1.165, 1.54) is 0 Å². The maximum absolute atomic E-state index is 8.80. The van der Waals surface area contributed by atoms with Gasteiger partial charge >= 0.3 is 0 Å². The van der Waals surface area contributed by atoms with Crippen molar-refractivity contribution in [1.29, 1.82) is 5.26 Å². The van der Waals surface area contributed by atoms with E-state index in [0.717, 1.165) is 17.1 Å². The van der Waals surface area contributed by atoms with Crippen molar-refractivity contribution in [3.63, 3.8) is 0 Å². The Morgan fingerprint density at radius 2 is 2.13 bits per heavy atom. The smallest absolute Gasteiger partial charge is 0.169 e. The first-order chi connectivity index (χ1) is 11.2. The van der Waals surface area contributed by atoms with Crippen LogP contribution < -0.4 is 10.1 Å². The van der Waals surface area contributed by atoms with Crippen molar-refractivity contribution >= 4 is 17.3 Å². The minimum Gasteiger partial charge on any atom is -0.497 e. The predicted molar refractivity (Wildman–Crippen MR) is 91.8 cm³/mol. The molecule has 0 aliphatic heterocycles. The van der Waals surface area contributed by atoms with Crippen LogP contribution in [0.25, 0.3) is 0 Å². The van der Waals surface area contributed by atoms with Crippen LogP contribution in [0.15, 0.2) is 47.1 Å². The van der Waals surface area contributed by atoms with Gasteiger partial charge in [0.25, 0.3) is 0 Å². The van der Waals surface area contributed by atoms with E-state index in [9.17, 15) is 0 Å². The average molecular weight is 329 g/mol. The van der Waals surface area contributed by atoms with Crippen LogP contribution in [0, 0.1) is 11.3 Å². The van der Waals surface area contributed by atoms with Crippen molar-refractivity contribution in [2.24, 2.45) is 0 Å². The number of rotatable bonds is 7. The van der Waals surface area contributed by atoms with Gasteiger partial charge in [-0.05, 0) is 42.0 Å². The minimum absolute atomic E-state index is 0.408. The molecule has 2 rings (SSSR count). The van der Waals surface area contributed by atoms with E-state index in [-0.39, 0.29) is 0 Å². The molecule has 6 heteroatoms. The number of ether oxygens (including phenoxy) is 1. The van der Waals surface area contributed by atoms with E-state index in [2.05, 4.69) is 11.4 Å². The van der Waals surface area contributed by atoms with Crippen LogP contribution in [-0.2, 0) is 13.1 Å². The zero-order valence-corrected chi connectivity index (χ0v) is 13.8. The molecular formula is C17H19N3O2S. The molecule has 0 amide bonds. The third-order valence-corrected chi connectivity index (χ3v) is 3.71. The Balaban J connectivity index is 1.92. The molecule has 0 aliphatic rings. The Morgan fingerprint density at radius 1 is 1.35 bits per heavy atom. The van der Waals surface area contributed by atoms with Crippen molar-refractivity contribution in [3.8, 4) is 11.8 Å². The molecule has 1 aromatic carbocycles. The van der Waals surface area contributed by atoms with Gasteiger partial charge in [0.2, 0.25) is 0 Å². The fourth-order valence-electron chi connectivity index (χ4n) is 2.06. The number of hydrogen-bond donors (Lipinski definition) is 1. The lowest BCUT2D eigenvalue weighted by Crippen LogP contribution is -2.39. The molecule has 120 valence electrons. The minimum atomic E-state index is 0.408. The van der Waals surface area contributed by atoms with Gasteiger partial charge in [0.15, 0.2) is 5.11 Å². The lowest BCUT2D eigenvalue weighted by Gasteiger charge is -2.24. The van der Waals surface area contributed by atoms with E-state index in [1.807, 2.05) is 41.3 Å². The fourth-order valence-corrected chi connectivity index (χ4v) is 2.29. The Bertz CT molecular complexity index is 647. The molecule has 0 saturated carbocycles. The summed E-state index contributed by atoms with van der Waals surface area (Å²) in [6.45, 7) is 1.72. The molecule has 0 spiro atoms. The van der Waals surface area contributed by atoms with E-state index < -0.39 is 0 Å². The molecule has 0 atom stereocenters. The largest absolute Gasteiger partial charge is 0.497 e. The van der Waals surface area contributed by atoms with Gasteiger partial charge in [-0.1, -0.05) is 12.1 Å². The predicted octanol–water partition coefficient (Wildman–Crippen LogP) is 3.08. The van der Waals surface area contributed by atoms with Crippen LogP contribution in [0.1, 0.15) is 17.7 Å². The normalized spacial score (nSPS) is 9.91. The maximum Gasteiger partial charge on any atom is 0.169 e. The molecule has 23 heavy (non-hydrogen) atoms. The highest BCUT2D eigenvalue weighted by atomic mass is 32.1. The Hall–Kier alpha value is -2.52. The van der Waals surface area contributed by atoms with Crippen molar-refractivity contribution in [2.75, 3.05) is 13.7 Å². The summed E-state index contributed by atoms with van der Waals surface area (Å²) in [6.07, 6.45) is 2.04. The summed E-state index contributed by atoms with van der Waals surface area (Å²) < 4.78 is 10.5. The Kier molecular flexibility index (Phi) is 6.45. The monoisotopic (exact) mass is 329 g/mol. The van der Waals surface area contributed by atoms with E-state index in [1.54, 1.807) is 13.4 Å². The van der Waals surface area contributed by atoms with Crippen molar-refractivity contribution in [3.05, 3.63) is 54.0 Å². The van der Waals surface area contributed by atoms with Crippen molar-refractivity contribution < 1.29 is 9.15 Å². The van der Waals surface area contributed by atoms with E-state index >= 15 is 0 Å². The molecular weight excluding hydrogens is 310 g/mol. The fraction of sp³-hybridized carbons (Fsp3) is 0.294. The number of thiocarbonyl (C=S) groups is 1. The second-order valence-corrected chi connectivity index (χ2v) is 5.30. The maximum atomic E-state index is 8.80. The number of hydrogen-bond acceptors (Lipinski definition) is 4. The molecule has 0 saturated heterocycles. The summed E-state index contributed by atoms with van der Waals surface area (Å²) in [4.78, 5) is 1.93. The zero-order valence-electron chi connectivity index (χ0n) is 13.0. The summed E-state index contributed by atoms with van der Waals surface area (Å²) in [7, 11) is 1.64. The third-order valence-electron chi connectivity index (χ3n) is 3.31. The van der Waals surface area contributed by atoms with Gasteiger partial charge in [-0.15, -0.1) is 0 Å². The molecule has 5 nitrogen and oxygen atoms in total. The quantitative estimate of drug-likeness (QED) is 0.788. The molecule has 0 unspecified atom stereocenters. The Labute approximate surface area is 141 Å². The first-order valence-electron chi connectivity index (χ1n) is 7.28. The topological polar surface area (TPSA) is 61.4 Å². The van der Waals surface area contributed by atoms with Gasteiger partial charge in [-0.3, -0.25) is 0 Å². The molecule has 0 radical (unpaired) electrons. The lowest BCUT2D eigenvalue weighted by molar-refractivity contribution is 0.362. The molecule has 1 aromatic heterocycles. The first-order valence-corrected chi connectivity index (χ1v) is 7.69. The van der Waals surface area contributed by atoms with Crippen LogP contribution in [0.2, 0.25) is 0 Å². The SMILES string of the molecule is COc1ccc(CNC(=S)N(CCC#N)Cc2ccco2)cc1. The van der Waals surface area contributed by atoms with Gasteiger partial charge in [-0.25, -0.2) is 0 Å². The van der Waals surface area contributed by atoms with Crippen LogP contribution >= 0.6 is 12.2 Å². The van der Waals surface area contributed by atoms with Crippen molar-refractivity contribution in [2.45, 2.75) is 19.5 Å².